The second-order valence-corrected chi connectivity index (χ2v) is 13.5. The van der Waals surface area contributed by atoms with Crippen molar-refractivity contribution in [3.05, 3.63) is 107 Å². The second kappa shape index (κ2) is 11.2. The molecule has 3 aromatic rings. The number of anilines is 2. The van der Waals surface area contributed by atoms with Gasteiger partial charge in [0.2, 0.25) is 23.6 Å². The first kappa shape index (κ1) is 30.7. The van der Waals surface area contributed by atoms with Gasteiger partial charge in [-0.1, -0.05) is 11.6 Å². The number of nitrogens with zero attached hydrogens (tertiary/aromatic N) is 2. The van der Waals surface area contributed by atoms with Crippen molar-refractivity contribution in [3.63, 3.8) is 0 Å². The number of carbonyl (C=O) groups excluding carboxylic acids is 6. The van der Waals surface area contributed by atoms with E-state index in [1.807, 2.05) is 6.08 Å². The Morgan fingerprint density at radius 3 is 1.88 bits per heavy atom. The van der Waals surface area contributed by atoms with Crippen LogP contribution in [0.15, 0.2) is 90.2 Å². The molecular formula is C39H32N2O8. The molecule has 2 saturated heterocycles. The Kier molecular flexibility index (Phi) is 7.03. The third kappa shape index (κ3) is 4.68. The normalized spacial score (nSPS) is 27.1. The van der Waals surface area contributed by atoms with E-state index in [4.69, 9.17) is 4.74 Å². The molecule has 3 fully saturated rings. The smallest absolute Gasteiger partial charge is 0.238 e. The third-order valence-corrected chi connectivity index (χ3v) is 10.9. The molecule has 0 aromatic heterocycles. The highest BCUT2D eigenvalue weighted by Crippen LogP contribution is 2.58. The molecule has 5 aliphatic rings. The van der Waals surface area contributed by atoms with Gasteiger partial charge in [0.1, 0.15) is 11.5 Å². The van der Waals surface area contributed by atoms with Gasteiger partial charge in [-0.25, -0.2) is 0 Å². The van der Waals surface area contributed by atoms with Crippen molar-refractivity contribution < 1.29 is 38.6 Å². The minimum absolute atomic E-state index is 0.0708. The number of phenols is 1. The number of allylic oxidation sites excluding steroid dienone is 3. The molecule has 10 heteroatoms. The average Bonchev–Trinajstić information content (AvgIpc) is 3.50. The van der Waals surface area contributed by atoms with Gasteiger partial charge in [0.25, 0.3) is 0 Å². The van der Waals surface area contributed by atoms with E-state index in [-0.39, 0.29) is 47.4 Å². The maximum atomic E-state index is 14.4. The quantitative estimate of drug-likeness (QED) is 0.225. The molecule has 4 amide bonds. The summed E-state index contributed by atoms with van der Waals surface area (Å²) in [6.45, 7) is 2.89. The van der Waals surface area contributed by atoms with Gasteiger partial charge in [-0.05, 0) is 105 Å². The lowest BCUT2D eigenvalue weighted by molar-refractivity contribution is -0.126. The zero-order valence-corrected chi connectivity index (χ0v) is 26.8. The van der Waals surface area contributed by atoms with Crippen LogP contribution in [0.5, 0.6) is 11.5 Å². The molecule has 49 heavy (non-hydrogen) atoms. The fraction of sp³-hybridized carbons (Fsp3) is 0.282. The summed E-state index contributed by atoms with van der Waals surface area (Å²) in [7, 11) is 0. The van der Waals surface area contributed by atoms with Crippen LogP contribution >= 0.6 is 0 Å². The molecule has 1 N–H and O–H groups in total. The predicted molar refractivity (Wildman–Crippen MR) is 177 cm³/mol. The average molecular weight is 657 g/mol. The van der Waals surface area contributed by atoms with Crippen molar-refractivity contribution in [2.45, 2.75) is 33.1 Å². The zero-order chi connectivity index (χ0) is 34.3. The van der Waals surface area contributed by atoms with Gasteiger partial charge in [-0.3, -0.25) is 38.6 Å². The van der Waals surface area contributed by atoms with E-state index < -0.39 is 35.5 Å². The Hall–Kier alpha value is -5.64. The number of Topliss-reactive ketones (excluding diaryl/α,β-unsaturated/α-hetero) is 2. The summed E-state index contributed by atoms with van der Waals surface area (Å²) in [5.74, 6) is -5.10. The van der Waals surface area contributed by atoms with E-state index in [9.17, 15) is 33.9 Å². The van der Waals surface area contributed by atoms with Crippen molar-refractivity contribution in [2.75, 3.05) is 9.80 Å². The molecule has 3 aliphatic heterocycles. The standard InChI is InChI=1S/C39H32N2O8/c1-19(42)21-3-7-25(8-4-21)40-36(45)29-13-12-28-30(34(29)38(40)47)17-31-35(33(28)24-15-23-16-27(44)11-14-32(23)49-18-24)39(48)41(37(31)46)26-9-5-22(6-10-26)20(2)43/h3-12,14,16,18,29-31,33-35,44H,13,15,17H2,1-2H3/t29-,30+,31+,33-,34-,35+/m0/s1. The topological polar surface area (TPSA) is 138 Å². The van der Waals surface area contributed by atoms with Gasteiger partial charge in [-0.15, -0.1) is 0 Å². The number of rotatable bonds is 5. The van der Waals surface area contributed by atoms with Crippen molar-refractivity contribution in [2.24, 2.45) is 35.5 Å². The van der Waals surface area contributed by atoms with E-state index in [0.29, 0.717) is 41.1 Å². The summed E-state index contributed by atoms with van der Waals surface area (Å²) in [5.41, 5.74) is 3.97. The Bertz CT molecular complexity index is 2060. The number of hydrogen-bond donors (Lipinski definition) is 1. The van der Waals surface area contributed by atoms with Crippen LogP contribution in [0, 0.1) is 35.5 Å². The molecule has 0 radical (unpaired) electrons. The fourth-order valence-electron chi connectivity index (χ4n) is 8.61. The SMILES string of the molecule is CC(=O)c1ccc(N2C(=O)[C@H]3[C@H](CC=C4[C@H](C5=COc6ccc(O)cc6C5)[C@@H]5C(=O)N(c6ccc(C(C)=O)cc6)C(=O)[C@@H]5C[C@H]43)C2=O)cc1. The molecule has 8 rings (SSSR count). The van der Waals surface area contributed by atoms with E-state index in [1.165, 1.54) is 29.7 Å². The maximum Gasteiger partial charge on any atom is 0.238 e. The Labute approximate surface area is 281 Å². The highest BCUT2D eigenvalue weighted by atomic mass is 16.5. The molecule has 2 aliphatic carbocycles. The van der Waals surface area contributed by atoms with Gasteiger partial charge >= 0.3 is 0 Å². The van der Waals surface area contributed by atoms with E-state index in [1.54, 1.807) is 66.9 Å². The Morgan fingerprint density at radius 1 is 0.714 bits per heavy atom. The lowest BCUT2D eigenvalue weighted by Gasteiger charge is -2.45. The molecule has 0 spiro atoms. The third-order valence-electron chi connectivity index (χ3n) is 10.9. The van der Waals surface area contributed by atoms with Crippen LogP contribution in [0.1, 0.15) is 53.0 Å². The number of ether oxygens (including phenoxy) is 1. The maximum absolute atomic E-state index is 14.4. The van der Waals surface area contributed by atoms with Crippen LogP contribution in [0.2, 0.25) is 0 Å². The molecule has 1 saturated carbocycles. The first-order valence-electron chi connectivity index (χ1n) is 16.4. The summed E-state index contributed by atoms with van der Waals surface area (Å²) < 4.78 is 6.01. The van der Waals surface area contributed by atoms with Crippen LogP contribution in [-0.2, 0) is 25.6 Å². The van der Waals surface area contributed by atoms with Crippen LogP contribution < -0.4 is 14.5 Å². The zero-order valence-electron chi connectivity index (χ0n) is 26.8. The number of ketones is 2. The largest absolute Gasteiger partial charge is 0.508 e. The molecule has 6 atom stereocenters. The van der Waals surface area contributed by atoms with Crippen molar-refractivity contribution in [1.29, 1.82) is 0 Å². The lowest BCUT2D eigenvalue weighted by Crippen LogP contribution is -2.45. The summed E-state index contributed by atoms with van der Waals surface area (Å²) >= 11 is 0. The van der Waals surface area contributed by atoms with E-state index in [2.05, 4.69) is 0 Å². The van der Waals surface area contributed by atoms with Gasteiger partial charge in [0, 0.05) is 29.0 Å². The number of fused-ring (bicyclic) bond motifs is 5. The molecule has 3 aromatic carbocycles. The second-order valence-electron chi connectivity index (χ2n) is 13.5. The monoisotopic (exact) mass is 656 g/mol. The summed E-state index contributed by atoms with van der Waals surface area (Å²) in [6.07, 6.45) is 4.44. The summed E-state index contributed by atoms with van der Waals surface area (Å²) in [5, 5.41) is 10.2. The molecule has 0 bridgehead atoms. The van der Waals surface area contributed by atoms with Crippen molar-refractivity contribution >= 4 is 46.6 Å². The van der Waals surface area contributed by atoms with Crippen LogP contribution in [0.4, 0.5) is 11.4 Å². The van der Waals surface area contributed by atoms with Gasteiger partial charge < -0.3 is 9.84 Å². The summed E-state index contributed by atoms with van der Waals surface area (Å²) in [6, 6.07) is 17.6. The van der Waals surface area contributed by atoms with Gasteiger partial charge in [0.05, 0.1) is 41.3 Å². The number of imide groups is 2. The number of hydrogen-bond acceptors (Lipinski definition) is 8. The van der Waals surface area contributed by atoms with Crippen LogP contribution in [0.25, 0.3) is 0 Å². The number of benzene rings is 3. The highest BCUT2D eigenvalue weighted by Gasteiger charge is 2.62. The predicted octanol–water partition coefficient (Wildman–Crippen LogP) is 5.19. The molecule has 3 heterocycles. The molecule has 246 valence electrons. The van der Waals surface area contributed by atoms with Crippen molar-refractivity contribution in [3.8, 4) is 11.5 Å². The van der Waals surface area contributed by atoms with Gasteiger partial charge in [-0.2, -0.15) is 0 Å². The number of carbonyl (C=O) groups is 6. The van der Waals surface area contributed by atoms with Crippen LogP contribution in [0.3, 0.4) is 0 Å². The minimum Gasteiger partial charge on any atom is -0.508 e. The number of phenolic OH excluding ortho intramolecular Hbond substituents is 1. The van der Waals surface area contributed by atoms with E-state index >= 15 is 0 Å². The van der Waals surface area contributed by atoms with Crippen LogP contribution in [-0.4, -0.2) is 40.3 Å². The van der Waals surface area contributed by atoms with Gasteiger partial charge in [0.15, 0.2) is 11.6 Å². The molecular weight excluding hydrogens is 624 g/mol. The Morgan fingerprint density at radius 2 is 1.29 bits per heavy atom. The molecule has 10 nitrogen and oxygen atoms in total. The Balaban J connectivity index is 1.20. The first-order valence-corrected chi connectivity index (χ1v) is 16.4. The first-order chi connectivity index (χ1) is 23.5. The highest BCUT2D eigenvalue weighted by molar-refractivity contribution is 6.24. The van der Waals surface area contributed by atoms with E-state index in [0.717, 1.165) is 16.7 Å². The molecule has 0 unspecified atom stereocenters. The fourth-order valence-corrected chi connectivity index (χ4v) is 8.61. The summed E-state index contributed by atoms with van der Waals surface area (Å²) in [4.78, 5) is 83.0. The van der Waals surface area contributed by atoms with Crippen molar-refractivity contribution in [1.82, 2.24) is 0 Å². The number of amides is 4. The lowest BCUT2D eigenvalue weighted by atomic mass is 9.56. The minimum atomic E-state index is -0.782. The number of aromatic hydroxyl groups is 1.